The van der Waals surface area contributed by atoms with Crippen LogP contribution in [0.25, 0.3) is 0 Å². The number of anilines is 1. The van der Waals surface area contributed by atoms with Crippen LogP contribution in [0.2, 0.25) is 10.0 Å². The number of carbonyl (C=O) groups is 1. The van der Waals surface area contributed by atoms with Gasteiger partial charge in [0.1, 0.15) is 11.9 Å². The molecule has 1 N–H and O–H groups in total. The Kier molecular flexibility index (Phi) is 4.91. The van der Waals surface area contributed by atoms with Crippen LogP contribution in [0.4, 0.5) is 5.82 Å². The number of nitrogens with one attached hydrogen (secondary N) is 1. The lowest BCUT2D eigenvalue weighted by Crippen LogP contribution is -2.40. The summed E-state index contributed by atoms with van der Waals surface area (Å²) in [5.74, 6) is 0.926. The van der Waals surface area contributed by atoms with Gasteiger partial charge in [0.25, 0.3) is 5.91 Å². The minimum atomic E-state index is -0.336. The number of likely N-dealkylation sites (tertiary alicyclic amines) is 1. The van der Waals surface area contributed by atoms with Gasteiger partial charge < -0.3 is 10.2 Å². The number of carbonyl (C=O) groups excluding carboxylic acids is 1. The lowest BCUT2D eigenvalue weighted by molar-refractivity contribution is -0.128. The first kappa shape index (κ1) is 18.4. The molecule has 1 aromatic carbocycles. The highest BCUT2D eigenvalue weighted by molar-refractivity contribution is 6.42. The maximum atomic E-state index is 13.6. The van der Waals surface area contributed by atoms with E-state index in [4.69, 9.17) is 23.2 Å². The van der Waals surface area contributed by atoms with Crippen molar-refractivity contribution in [3.05, 3.63) is 57.3 Å². The smallest absolute Gasteiger partial charge is 0.254 e. The summed E-state index contributed by atoms with van der Waals surface area (Å²) in [6.07, 6.45) is 4.81. The summed E-state index contributed by atoms with van der Waals surface area (Å²) in [7, 11) is 0. The molecule has 1 fully saturated rings. The molecule has 0 aliphatic carbocycles. The molecule has 0 spiro atoms. The highest BCUT2D eigenvalue weighted by Gasteiger charge is 2.38. The van der Waals surface area contributed by atoms with Gasteiger partial charge in [0.2, 0.25) is 0 Å². The summed E-state index contributed by atoms with van der Waals surface area (Å²) in [4.78, 5) is 15.6. The maximum Gasteiger partial charge on any atom is 0.254 e. The third kappa shape index (κ3) is 3.13. The van der Waals surface area contributed by atoms with Crippen molar-refractivity contribution in [3.8, 4) is 0 Å². The van der Waals surface area contributed by atoms with Crippen LogP contribution in [0.5, 0.6) is 0 Å². The van der Waals surface area contributed by atoms with Gasteiger partial charge in [-0.25, -0.2) is 4.68 Å². The lowest BCUT2D eigenvalue weighted by atomic mass is 9.94. The Labute approximate surface area is 168 Å². The number of amides is 1. The van der Waals surface area contributed by atoms with Crippen LogP contribution >= 0.6 is 23.2 Å². The molecule has 5 nitrogen and oxygen atoms in total. The van der Waals surface area contributed by atoms with Crippen molar-refractivity contribution in [1.29, 1.82) is 0 Å². The largest absolute Gasteiger partial charge is 0.344 e. The monoisotopic (exact) mass is 404 g/mol. The Balaban J connectivity index is 1.82. The van der Waals surface area contributed by atoms with Crippen molar-refractivity contribution >= 4 is 34.9 Å². The van der Waals surface area contributed by atoms with E-state index in [2.05, 4.69) is 17.3 Å². The van der Waals surface area contributed by atoms with Gasteiger partial charge in [-0.2, -0.15) is 5.10 Å². The first-order valence-corrected chi connectivity index (χ1v) is 10.0. The predicted molar refractivity (Wildman–Crippen MR) is 108 cm³/mol. The molecule has 0 radical (unpaired) electrons. The van der Waals surface area contributed by atoms with E-state index in [1.807, 2.05) is 34.7 Å². The minimum absolute atomic E-state index is 0.0709. The van der Waals surface area contributed by atoms with Crippen LogP contribution in [0.15, 0.2) is 41.7 Å². The number of halogens is 2. The van der Waals surface area contributed by atoms with Crippen molar-refractivity contribution in [2.45, 2.75) is 45.2 Å². The molecule has 27 heavy (non-hydrogen) atoms. The van der Waals surface area contributed by atoms with Crippen molar-refractivity contribution in [3.63, 3.8) is 0 Å². The molecule has 1 unspecified atom stereocenters. The lowest BCUT2D eigenvalue weighted by Gasteiger charge is -2.33. The molecular weight excluding hydrogens is 383 g/mol. The number of fused-ring (bicyclic) bond motifs is 1. The number of allylic oxidation sites excluding steroid dienone is 1. The molecule has 1 saturated heterocycles. The van der Waals surface area contributed by atoms with Crippen LogP contribution in [0, 0.1) is 0 Å². The molecule has 142 valence electrons. The second-order valence-electron chi connectivity index (χ2n) is 7.10. The number of hydrogen-bond donors (Lipinski definition) is 1. The third-order valence-corrected chi connectivity index (χ3v) is 6.25. The SMILES string of the molecule is CC[C@@H]1CCCN1C(=O)C1=C(C)Nc2ccnn2C1c1ccc(Cl)c(Cl)c1. The van der Waals surface area contributed by atoms with Crippen LogP contribution in [0.3, 0.4) is 0 Å². The van der Waals surface area contributed by atoms with Crippen molar-refractivity contribution in [2.24, 2.45) is 0 Å². The quantitative estimate of drug-likeness (QED) is 0.792. The topological polar surface area (TPSA) is 50.2 Å². The van der Waals surface area contributed by atoms with E-state index in [-0.39, 0.29) is 11.9 Å². The van der Waals surface area contributed by atoms with E-state index in [0.29, 0.717) is 21.7 Å². The molecule has 0 bridgehead atoms. The second-order valence-corrected chi connectivity index (χ2v) is 7.92. The number of benzene rings is 1. The average molecular weight is 405 g/mol. The molecule has 4 rings (SSSR count). The van der Waals surface area contributed by atoms with Gasteiger partial charge in [-0.1, -0.05) is 36.2 Å². The molecular formula is C20H22Cl2N4O. The summed E-state index contributed by atoms with van der Waals surface area (Å²) in [6, 6.07) is 7.37. The summed E-state index contributed by atoms with van der Waals surface area (Å²) in [5, 5.41) is 8.76. The predicted octanol–water partition coefficient (Wildman–Crippen LogP) is 4.88. The summed E-state index contributed by atoms with van der Waals surface area (Å²) < 4.78 is 1.84. The number of aromatic nitrogens is 2. The Hall–Kier alpha value is -1.98. The molecule has 7 heteroatoms. The third-order valence-electron chi connectivity index (χ3n) is 5.51. The molecule has 2 aliphatic heterocycles. The second kappa shape index (κ2) is 7.21. The molecule has 1 amide bonds. The van der Waals surface area contributed by atoms with Crippen molar-refractivity contribution < 1.29 is 4.79 Å². The van der Waals surface area contributed by atoms with Gasteiger partial charge in [0.05, 0.1) is 21.8 Å². The van der Waals surface area contributed by atoms with E-state index in [1.165, 1.54) is 0 Å². The molecule has 3 heterocycles. The number of rotatable bonds is 3. The summed E-state index contributed by atoms with van der Waals surface area (Å²) in [6.45, 7) is 4.89. The minimum Gasteiger partial charge on any atom is -0.344 e. The maximum absolute atomic E-state index is 13.6. The van der Waals surface area contributed by atoms with Crippen molar-refractivity contribution in [1.82, 2.24) is 14.7 Å². The first-order chi connectivity index (χ1) is 13.0. The van der Waals surface area contributed by atoms with E-state index < -0.39 is 0 Å². The van der Waals surface area contributed by atoms with Gasteiger partial charge in [0, 0.05) is 24.4 Å². The number of nitrogens with zero attached hydrogens (tertiary/aromatic N) is 3. The zero-order chi connectivity index (χ0) is 19.1. The van der Waals surface area contributed by atoms with Crippen LogP contribution < -0.4 is 5.32 Å². The Morgan fingerprint density at radius 3 is 2.85 bits per heavy atom. The van der Waals surface area contributed by atoms with Crippen LogP contribution in [-0.4, -0.2) is 33.2 Å². The molecule has 0 saturated carbocycles. The van der Waals surface area contributed by atoms with Gasteiger partial charge in [-0.15, -0.1) is 0 Å². The fraction of sp³-hybridized carbons (Fsp3) is 0.400. The fourth-order valence-corrected chi connectivity index (χ4v) is 4.46. The normalized spacial score (nSPS) is 22.0. The standard InChI is InChI=1S/C20H22Cl2N4O/c1-3-14-5-4-10-25(14)20(27)18-12(2)24-17-8-9-23-26(17)19(18)13-6-7-15(21)16(22)11-13/h6-9,11,14,19,24H,3-5,10H2,1-2H3/t14-,19?/m1/s1. The first-order valence-electron chi connectivity index (χ1n) is 9.28. The van der Waals surface area contributed by atoms with Gasteiger partial charge >= 0.3 is 0 Å². The highest BCUT2D eigenvalue weighted by atomic mass is 35.5. The molecule has 2 aromatic rings. The van der Waals surface area contributed by atoms with Gasteiger partial charge in [0.15, 0.2) is 0 Å². The molecule has 2 aliphatic rings. The fourth-order valence-electron chi connectivity index (χ4n) is 4.16. The summed E-state index contributed by atoms with van der Waals surface area (Å²) in [5.41, 5.74) is 2.46. The van der Waals surface area contributed by atoms with Crippen LogP contribution in [0.1, 0.15) is 44.7 Å². The van der Waals surface area contributed by atoms with E-state index in [9.17, 15) is 4.79 Å². The Bertz CT molecular complexity index is 920. The highest BCUT2D eigenvalue weighted by Crippen LogP contribution is 2.39. The zero-order valence-electron chi connectivity index (χ0n) is 15.4. The van der Waals surface area contributed by atoms with Gasteiger partial charge in [-0.05, 0) is 43.9 Å². The van der Waals surface area contributed by atoms with Crippen molar-refractivity contribution in [2.75, 3.05) is 11.9 Å². The Morgan fingerprint density at radius 2 is 2.11 bits per heavy atom. The summed E-state index contributed by atoms with van der Waals surface area (Å²) >= 11 is 12.4. The molecule has 2 atom stereocenters. The zero-order valence-corrected chi connectivity index (χ0v) is 16.9. The number of hydrogen-bond acceptors (Lipinski definition) is 3. The Morgan fingerprint density at radius 1 is 1.30 bits per heavy atom. The molecule has 1 aromatic heterocycles. The van der Waals surface area contributed by atoms with Crippen LogP contribution in [-0.2, 0) is 4.79 Å². The van der Waals surface area contributed by atoms with E-state index in [0.717, 1.165) is 42.9 Å². The van der Waals surface area contributed by atoms with E-state index >= 15 is 0 Å². The van der Waals surface area contributed by atoms with Gasteiger partial charge in [-0.3, -0.25) is 4.79 Å². The van der Waals surface area contributed by atoms with E-state index in [1.54, 1.807) is 12.3 Å². The average Bonchev–Trinajstić information content (AvgIpc) is 3.31.